The van der Waals surface area contributed by atoms with Crippen molar-refractivity contribution in [1.29, 1.82) is 0 Å². The topological polar surface area (TPSA) is 48.1 Å². The number of aromatic nitrogens is 1. The quantitative estimate of drug-likeness (QED) is 0.921. The molecule has 0 amide bonds. The highest BCUT2D eigenvalue weighted by Gasteiger charge is 2.14. The van der Waals surface area contributed by atoms with Crippen LogP contribution < -0.4 is 10.5 Å². The Morgan fingerprint density at radius 1 is 1.42 bits per heavy atom. The van der Waals surface area contributed by atoms with Crippen LogP contribution in [0.4, 0.5) is 0 Å². The van der Waals surface area contributed by atoms with Gasteiger partial charge in [0.15, 0.2) is 0 Å². The number of benzene rings is 1. The summed E-state index contributed by atoms with van der Waals surface area (Å²) < 4.78 is 6.33. The fraction of sp³-hybridized carbons (Fsp3) is 0.214. The lowest BCUT2D eigenvalue weighted by Crippen LogP contribution is -2.16. The molecule has 19 heavy (non-hydrogen) atoms. The zero-order valence-electron chi connectivity index (χ0n) is 10.4. The number of ether oxygens (including phenoxy) is 1. The summed E-state index contributed by atoms with van der Waals surface area (Å²) in [5.41, 5.74) is 7.90. The SMILES string of the molecule is COc1ccc(Br)cc1CC(N)c1ncccc1Cl. The second-order valence-corrected chi connectivity index (χ2v) is 5.46. The van der Waals surface area contributed by atoms with Crippen LogP contribution in [0.3, 0.4) is 0 Å². The molecule has 1 aromatic carbocycles. The van der Waals surface area contributed by atoms with Crippen LogP contribution in [0.2, 0.25) is 5.02 Å². The smallest absolute Gasteiger partial charge is 0.122 e. The average molecular weight is 342 g/mol. The Morgan fingerprint density at radius 2 is 2.21 bits per heavy atom. The molecule has 2 rings (SSSR count). The standard InChI is InChI=1S/C14H14BrClN2O/c1-19-13-5-4-10(15)7-9(13)8-12(17)14-11(16)3-2-6-18-14/h2-7,12H,8,17H2,1H3. The van der Waals surface area contributed by atoms with Gasteiger partial charge in [-0.05, 0) is 42.3 Å². The lowest BCUT2D eigenvalue weighted by Gasteiger charge is -2.15. The molecule has 2 N–H and O–H groups in total. The van der Waals surface area contributed by atoms with Crippen molar-refractivity contribution in [1.82, 2.24) is 4.98 Å². The van der Waals surface area contributed by atoms with Crippen LogP contribution >= 0.6 is 27.5 Å². The summed E-state index contributed by atoms with van der Waals surface area (Å²) in [5.74, 6) is 0.811. The highest BCUT2D eigenvalue weighted by Crippen LogP contribution is 2.28. The van der Waals surface area contributed by atoms with Crippen LogP contribution in [-0.2, 0) is 6.42 Å². The molecule has 1 aromatic heterocycles. The van der Waals surface area contributed by atoms with E-state index in [1.54, 1.807) is 25.4 Å². The van der Waals surface area contributed by atoms with Crippen LogP contribution in [0.25, 0.3) is 0 Å². The van der Waals surface area contributed by atoms with Gasteiger partial charge in [-0.15, -0.1) is 0 Å². The normalized spacial score (nSPS) is 12.2. The number of methoxy groups -OCH3 is 1. The number of nitrogens with two attached hydrogens (primary N) is 1. The molecule has 0 bridgehead atoms. The van der Waals surface area contributed by atoms with Crippen LogP contribution in [0.5, 0.6) is 5.75 Å². The van der Waals surface area contributed by atoms with Crippen LogP contribution in [-0.4, -0.2) is 12.1 Å². The molecular formula is C14H14BrClN2O. The highest BCUT2D eigenvalue weighted by molar-refractivity contribution is 9.10. The third-order valence-corrected chi connectivity index (χ3v) is 3.63. The van der Waals surface area contributed by atoms with Gasteiger partial charge < -0.3 is 10.5 Å². The number of hydrogen-bond acceptors (Lipinski definition) is 3. The Balaban J connectivity index is 2.26. The van der Waals surface area contributed by atoms with E-state index in [0.717, 1.165) is 15.8 Å². The zero-order chi connectivity index (χ0) is 13.8. The number of hydrogen-bond donors (Lipinski definition) is 1. The first-order chi connectivity index (χ1) is 9.11. The summed E-state index contributed by atoms with van der Waals surface area (Å²) in [7, 11) is 1.64. The van der Waals surface area contributed by atoms with Gasteiger partial charge in [-0.2, -0.15) is 0 Å². The molecule has 0 aliphatic heterocycles. The van der Waals surface area contributed by atoms with Gasteiger partial charge in [0.2, 0.25) is 0 Å². The van der Waals surface area contributed by atoms with Gasteiger partial charge in [0.1, 0.15) is 5.75 Å². The first-order valence-electron chi connectivity index (χ1n) is 5.80. The van der Waals surface area contributed by atoms with Gasteiger partial charge in [-0.1, -0.05) is 27.5 Å². The van der Waals surface area contributed by atoms with Gasteiger partial charge in [-0.25, -0.2) is 0 Å². The Bertz CT molecular complexity index is 577. The van der Waals surface area contributed by atoms with E-state index in [1.807, 2.05) is 18.2 Å². The molecule has 1 heterocycles. The monoisotopic (exact) mass is 340 g/mol. The minimum absolute atomic E-state index is 0.267. The molecule has 1 atom stereocenters. The first kappa shape index (κ1) is 14.3. The molecular weight excluding hydrogens is 328 g/mol. The maximum absolute atomic E-state index is 6.18. The molecule has 5 heteroatoms. The Hall–Kier alpha value is -1.10. The lowest BCUT2D eigenvalue weighted by atomic mass is 10.0. The second-order valence-electron chi connectivity index (χ2n) is 4.14. The van der Waals surface area contributed by atoms with Gasteiger partial charge in [0.05, 0.1) is 23.9 Å². The number of nitrogens with zero attached hydrogens (tertiary/aromatic N) is 1. The van der Waals surface area contributed by atoms with Crippen molar-refractivity contribution >= 4 is 27.5 Å². The average Bonchev–Trinajstić information content (AvgIpc) is 2.39. The molecule has 0 saturated carbocycles. The lowest BCUT2D eigenvalue weighted by molar-refractivity contribution is 0.408. The van der Waals surface area contributed by atoms with E-state index in [2.05, 4.69) is 20.9 Å². The number of halogens is 2. The van der Waals surface area contributed by atoms with Crippen LogP contribution in [0.15, 0.2) is 41.0 Å². The predicted octanol–water partition coefficient (Wildman–Crippen LogP) is 3.75. The van der Waals surface area contributed by atoms with Crippen LogP contribution in [0, 0.1) is 0 Å². The maximum atomic E-state index is 6.18. The fourth-order valence-electron chi connectivity index (χ4n) is 1.91. The Kier molecular flexibility index (Phi) is 4.80. The molecule has 0 spiro atoms. The van der Waals surface area contributed by atoms with Crippen molar-refractivity contribution in [2.75, 3.05) is 7.11 Å². The summed E-state index contributed by atoms with van der Waals surface area (Å²) in [4.78, 5) is 4.24. The molecule has 0 aliphatic rings. The molecule has 0 aliphatic carbocycles. The molecule has 100 valence electrons. The minimum atomic E-state index is -0.267. The van der Waals surface area contributed by atoms with Gasteiger partial charge in [-0.3, -0.25) is 4.98 Å². The molecule has 1 unspecified atom stereocenters. The molecule has 0 fully saturated rings. The van der Waals surface area contributed by atoms with Gasteiger partial charge >= 0.3 is 0 Å². The summed E-state index contributed by atoms with van der Waals surface area (Å²) in [6.07, 6.45) is 2.30. The summed E-state index contributed by atoms with van der Waals surface area (Å²) in [6.45, 7) is 0. The van der Waals surface area contributed by atoms with Crippen molar-refractivity contribution in [3.05, 3.63) is 57.3 Å². The molecule has 3 nitrogen and oxygen atoms in total. The largest absolute Gasteiger partial charge is 0.496 e. The number of pyridine rings is 1. The van der Waals surface area contributed by atoms with E-state index in [4.69, 9.17) is 22.1 Å². The second kappa shape index (κ2) is 6.37. The molecule has 0 radical (unpaired) electrons. The van der Waals surface area contributed by atoms with Crippen LogP contribution in [0.1, 0.15) is 17.3 Å². The van der Waals surface area contributed by atoms with Gasteiger partial charge in [0, 0.05) is 10.7 Å². The van der Waals surface area contributed by atoms with Crippen molar-refractivity contribution in [2.24, 2.45) is 5.73 Å². The Labute approximate surface area is 125 Å². The van der Waals surface area contributed by atoms with Crippen molar-refractivity contribution in [2.45, 2.75) is 12.5 Å². The zero-order valence-corrected chi connectivity index (χ0v) is 12.8. The summed E-state index contributed by atoms with van der Waals surface area (Å²) in [6, 6.07) is 9.15. The van der Waals surface area contributed by atoms with E-state index in [0.29, 0.717) is 17.1 Å². The van der Waals surface area contributed by atoms with E-state index >= 15 is 0 Å². The Morgan fingerprint density at radius 3 is 2.89 bits per heavy atom. The summed E-state index contributed by atoms with van der Waals surface area (Å²) in [5, 5.41) is 0.587. The third-order valence-electron chi connectivity index (χ3n) is 2.82. The first-order valence-corrected chi connectivity index (χ1v) is 6.97. The molecule has 0 saturated heterocycles. The third kappa shape index (κ3) is 3.47. The minimum Gasteiger partial charge on any atom is -0.496 e. The van der Waals surface area contributed by atoms with E-state index in [1.165, 1.54) is 0 Å². The van der Waals surface area contributed by atoms with E-state index < -0.39 is 0 Å². The van der Waals surface area contributed by atoms with Gasteiger partial charge in [0.25, 0.3) is 0 Å². The van der Waals surface area contributed by atoms with Crippen molar-refractivity contribution in [3.63, 3.8) is 0 Å². The predicted molar refractivity (Wildman–Crippen MR) is 80.6 cm³/mol. The fourth-order valence-corrected chi connectivity index (χ4v) is 2.58. The van der Waals surface area contributed by atoms with E-state index in [-0.39, 0.29) is 6.04 Å². The summed E-state index contributed by atoms with van der Waals surface area (Å²) >= 11 is 9.56. The van der Waals surface area contributed by atoms with Crippen molar-refractivity contribution in [3.8, 4) is 5.75 Å². The highest BCUT2D eigenvalue weighted by atomic mass is 79.9. The molecule has 2 aromatic rings. The maximum Gasteiger partial charge on any atom is 0.122 e. The van der Waals surface area contributed by atoms with E-state index in [9.17, 15) is 0 Å². The van der Waals surface area contributed by atoms with Crippen molar-refractivity contribution < 1.29 is 4.74 Å². The number of rotatable bonds is 4.